The van der Waals surface area contributed by atoms with Crippen LogP contribution >= 0.6 is 0 Å². The normalized spacial score (nSPS) is 14.5. The van der Waals surface area contributed by atoms with Gasteiger partial charge in [-0.3, -0.25) is 4.79 Å². The third kappa shape index (κ3) is 3.50. The molecule has 0 saturated carbocycles. The van der Waals surface area contributed by atoms with Crippen molar-refractivity contribution in [3.05, 3.63) is 77.5 Å². The smallest absolute Gasteiger partial charge is 0.264 e. The second kappa shape index (κ2) is 7.51. The number of rotatable bonds is 4. The molecular weight excluding hydrogens is 334 g/mol. The zero-order chi connectivity index (χ0) is 18.6. The Bertz CT molecular complexity index is 1030. The van der Waals surface area contributed by atoms with Gasteiger partial charge in [-0.15, -0.1) is 0 Å². The lowest BCUT2D eigenvalue weighted by molar-refractivity contribution is -0.125. The fourth-order valence-electron chi connectivity index (χ4n) is 3.69. The maximum atomic E-state index is 12.6. The summed E-state index contributed by atoms with van der Waals surface area (Å²) in [5, 5.41) is 10.6. The zero-order valence-corrected chi connectivity index (χ0v) is 15.1. The molecule has 2 aromatic carbocycles. The molecule has 1 aromatic heterocycles. The lowest BCUT2D eigenvalue weighted by atomic mass is 10.1. The Kier molecular flexibility index (Phi) is 4.76. The highest BCUT2D eigenvalue weighted by atomic mass is 16.2. The monoisotopic (exact) mass is 355 g/mol. The van der Waals surface area contributed by atoms with Crippen molar-refractivity contribution in [2.45, 2.75) is 19.4 Å². The van der Waals surface area contributed by atoms with Gasteiger partial charge in [0, 0.05) is 42.3 Å². The Morgan fingerprint density at radius 1 is 1.04 bits per heavy atom. The number of fused-ring (bicyclic) bond motifs is 1. The van der Waals surface area contributed by atoms with E-state index in [9.17, 15) is 10.1 Å². The van der Waals surface area contributed by atoms with Gasteiger partial charge < -0.3 is 9.47 Å². The largest absolute Gasteiger partial charge is 0.342 e. The zero-order valence-electron chi connectivity index (χ0n) is 15.1. The molecule has 1 saturated heterocycles. The van der Waals surface area contributed by atoms with Crippen molar-refractivity contribution < 1.29 is 4.79 Å². The lowest BCUT2D eigenvalue weighted by Crippen LogP contribution is -2.28. The molecule has 4 nitrogen and oxygen atoms in total. The number of hydrogen-bond acceptors (Lipinski definition) is 2. The number of nitriles is 1. The first-order chi connectivity index (χ1) is 13.3. The number of benzene rings is 2. The van der Waals surface area contributed by atoms with Gasteiger partial charge in [0.1, 0.15) is 11.6 Å². The maximum Gasteiger partial charge on any atom is 0.264 e. The molecule has 4 rings (SSSR count). The van der Waals surface area contributed by atoms with Crippen LogP contribution in [0.1, 0.15) is 24.0 Å². The van der Waals surface area contributed by atoms with Crippen LogP contribution in [0.2, 0.25) is 0 Å². The van der Waals surface area contributed by atoms with Crippen LogP contribution in [-0.2, 0) is 11.3 Å². The third-order valence-corrected chi connectivity index (χ3v) is 5.06. The molecular formula is C23H21N3O. The molecule has 0 N–H and O–H groups in total. The topological polar surface area (TPSA) is 49.0 Å². The SMILES string of the molecule is N#C/C(=C\c1cn(Cc2ccccc2)c2ccccc12)C(=O)N1CCCC1. The second-order valence-corrected chi connectivity index (χ2v) is 6.88. The fraction of sp³-hybridized carbons (Fsp3) is 0.217. The van der Waals surface area contributed by atoms with Crippen molar-refractivity contribution in [2.75, 3.05) is 13.1 Å². The molecule has 2 heterocycles. The van der Waals surface area contributed by atoms with Gasteiger partial charge in [0.15, 0.2) is 0 Å². The molecule has 0 atom stereocenters. The quantitative estimate of drug-likeness (QED) is 0.520. The average molecular weight is 355 g/mol. The third-order valence-electron chi connectivity index (χ3n) is 5.06. The Balaban J connectivity index is 1.73. The fourth-order valence-corrected chi connectivity index (χ4v) is 3.69. The summed E-state index contributed by atoms with van der Waals surface area (Å²) in [5.74, 6) is -0.158. The second-order valence-electron chi connectivity index (χ2n) is 6.88. The molecule has 4 heteroatoms. The van der Waals surface area contributed by atoms with E-state index in [-0.39, 0.29) is 11.5 Å². The summed E-state index contributed by atoms with van der Waals surface area (Å²) in [4.78, 5) is 14.4. The Labute approximate surface area is 158 Å². The Hall–Kier alpha value is -3.32. The summed E-state index contributed by atoms with van der Waals surface area (Å²) in [6.07, 6.45) is 5.80. The van der Waals surface area contributed by atoms with Gasteiger partial charge in [-0.05, 0) is 30.5 Å². The van der Waals surface area contributed by atoms with E-state index in [1.807, 2.05) is 42.6 Å². The Morgan fingerprint density at radius 3 is 2.48 bits per heavy atom. The molecule has 134 valence electrons. The molecule has 0 aliphatic carbocycles. The molecule has 0 radical (unpaired) electrons. The highest BCUT2D eigenvalue weighted by Crippen LogP contribution is 2.25. The first-order valence-electron chi connectivity index (χ1n) is 9.29. The average Bonchev–Trinajstić information content (AvgIpc) is 3.36. The maximum absolute atomic E-state index is 12.6. The van der Waals surface area contributed by atoms with E-state index in [2.05, 4.69) is 28.8 Å². The van der Waals surface area contributed by atoms with Crippen molar-refractivity contribution in [2.24, 2.45) is 0 Å². The minimum absolute atomic E-state index is 0.158. The number of carbonyl (C=O) groups excluding carboxylic acids is 1. The highest BCUT2D eigenvalue weighted by Gasteiger charge is 2.22. The number of para-hydroxylation sites is 1. The van der Waals surface area contributed by atoms with E-state index < -0.39 is 0 Å². The number of aromatic nitrogens is 1. The van der Waals surface area contributed by atoms with E-state index in [4.69, 9.17) is 0 Å². The van der Waals surface area contributed by atoms with E-state index in [0.29, 0.717) is 0 Å². The van der Waals surface area contributed by atoms with Gasteiger partial charge >= 0.3 is 0 Å². The summed E-state index contributed by atoms with van der Waals surface area (Å²) in [6, 6.07) is 20.5. The van der Waals surface area contributed by atoms with E-state index in [1.54, 1.807) is 11.0 Å². The predicted molar refractivity (Wildman–Crippen MR) is 107 cm³/mol. The number of amides is 1. The van der Waals surface area contributed by atoms with Gasteiger partial charge in [0.2, 0.25) is 0 Å². The summed E-state index contributed by atoms with van der Waals surface area (Å²) in [5.41, 5.74) is 3.42. The molecule has 1 aliphatic heterocycles. The van der Waals surface area contributed by atoms with Crippen LogP contribution in [0, 0.1) is 11.3 Å². The van der Waals surface area contributed by atoms with Gasteiger partial charge in [0.25, 0.3) is 5.91 Å². The van der Waals surface area contributed by atoms with Crippen molar-refractivity contribution in [3.63, 3.8) is 0 Å². The lowest BCUT2D eigenvalue weighted by Gasteiger charge is -2.13. The van der Waals surface area contributed by atoms with Crippen LogP contribution in [-0.4, -0.2) is 28.5 Å². The molecule has 0 spiro atoms. The molecule has 1 amide bonds. The van der Waals surface area contributed by atoms with Crippen LogP contribution in [0.25, 0.3) is 17.0 Å². The highest BCUT2D eigenvalue weighted by molar-refractivity contribution is 6.04. The van der Waals surface area contributed by atoms with Crippen molar-refractivity contribution in [1.82, 2.24) is 9.47 Å². The number of nitrogens with zero attached hydrogens (tertiary/aromatic N) is 3. The molecule has 0 bridgehead atoms. The first-order valence-corrected chi connectivity index (χ1v) is 9.29. The van der Waals surface area contributed by atoms with Crippen molar-refractivity contribution >= 4 is 22.9 Å². The van der Waals surface area contributed by atoms with Gasteiger partial charge in [-0.2, -0.15) is 5.26 Å². The summed E-state index contributed by atoms with van der Waals surface area (Å²) in [6.45, 7) is 2.23. The summed E-state index contributed by atoms with van der Waals surface area (Å²) >= 11 is 0. The van der Waals surface area contributed by atoms with E-state index >= 15 is 0 Å². The first kappa shape index (κ1) is 17.1. The molecule has 27 heavy (non-hydrogen) atoms. The summed E-state index contributed by atoms with van der Waals surface area (Å²) in [7, 11) is 0. The van der Waals surface area contributed by atoms with Gasteiger partial charge in [-0.25, -0.2) is 0 Å². The molecule has 1 fully saturated rings. The molecule has 0 unspecified atom stereocenters. The van der Waals surface area contributed by atoms with Crippen LogP contribution in [0.4, 0.5) is 0 Å². The standard InChI is InChI=1S/C23H21N3O/c24-15-19(23(27)25-12-6-7-13-25)14-20-17-26(16-18-8-2-1-3-9-18)22-11-5-4-10-21(20)22/h1-5,8-11,14,17H,6-7,12-13,16H2/b19-14+. The van der Waals surface area contributed by atoms with Crippen molar-refractivity contribution in [1.29, 1.82) is 5.26 Å². The predicted octanol–water partition coefficient (Wildman–Crippen LogP) is 4.22. The van der Waals surface area contributed by atoms with Crippen LogP contribution in [0.15, 0.2) is 66.4 Å². The number of likely N-dealkylation sites (tertiary alicyclic amines) is 1. The van der Waals surface area contributed by atoms with Crippen LogP contribution in [0.3, 0.4) is 0 Å². The van der Waals surface area contributed by atoms with Crippen LogP contribution in [0.5, 0.6) is 0 Å². The Morgan fingerprint density at radius 2 is 1.74 bits per heavy atom. The summed E-state index contributed by atoms with van der Waals surface area (Å²) < 4.78 is 2.17. The molecule has 1 aliphatic rings. The van der Waals surface area contributed by atoms with Gasteiger partial charge in [0.05, 0.1) is 0 Å². The van der Waals surface area contributed by atoms with Crippen molar-refractivity contribution in [3.8, 4) is 6.07 Å². The minimum Gasteiger partial charge on any atom is -0.342 e. The molecule has 3 aromatic rings. The van der Waals surface area contributed by atoms with Crippen LogP contribution < -0.4 is 0 Å². The number of carbonyl (C=O) groups is 1. The number of hydrogen-bond donors (Lipinski definition) is 0. The van der Waals surface area contributed by atoms with E-state index in [1.165, 1.54) is 5.56 Å². The van der Waals surface area contributed by atoms with E-state index in [0.717, 1.165) is 48.9 Å². The minimum atomic E-state index is -0.158. The van der Waals surface area contributed by atoms with Gasteiger partial charge in [-0.1, -0.05) is 48.5 Å².